The standard InChI is InChI=1S/C30H32ClN3O3/c1-19(2)26(34(17-7-16-32)30(36)22-12-10-20(3)11-13-22)28-24(18-21-8-5-4-6-9-21)27(35)23-14-15-25(31)33-29(23)37-28/h4-6,8-15,19,26H,7,16-18,32H2,1-3H3. The topological polar surface area (TPSA) is 89.4 Å². The minimum Gasteiger partial charge on any atom is -0.440 e. The van der Waals surface area contributed by atoms with Crippen molar-refractivity contribution < 1.29 is 9.21 Å². The maximum atomic E-state index is 13.9. The van der Waals surface area contributed by atoms with Gasteiger partial charge in [0.25, 0.3) is 5.91 Å². The van der Waals surface area contributed by atoms with Crippen molar-refractivity contribution in [1.29, 1.82) is 0 Å². The number of amides is 1. The fourth-order valence-electron chi connectivity index (χ4n) is 4.61. The number of carbonyl (C=O) groups is 1. The minimum absolute atomic E-state index is 0.0681. The van der Waals surface area contributed by atoms with Crippen LogP contribution in [0.25, 0.3) is 11.1 Å². The van der Waals surface area contributed by atoms with Gasteiger partial charge in [-0.2, -0.15) is 0 Å². The summed E-state index contributed by atoms with van der Waals surface area (Å²) < 4.78 is 6.40. The molecular weight excluding hydrogens is 486 g/mol. The van der Waals surface area contributed by atoms with E-state index < -0.39 is 6.04 Å². The number of fused-ring (bicyclic) bond motifs is 1. The quantitative estimate of drug-likeness (QED) is 0.278. The van der Waals surface area contributed by atoms with Gasteiger partial charge in [0.1, 0.15) is 10.9 Å². The molecule has 7 heteroatoms. The van der Waals surface area contributed by atoms with Crippen LogP contribution in [-0.4, -0.2) is 28.9 Å². The third-order valence-corrected chi connectivity index (χ3v) is 6.68. The van der Waals surface area contributed by atoms with Crippen LogP contribution >= 0.6 is 11.6 Å². The summed E-state index contributed by atoms with van der Waals surface area (Å²) in [4.78, 5) is 33.8. The Kier molecular flexibility index (Phi) is 8.41. The van der Waals surface area contributed by atoms with Crippen molar-refractivity contribution in [3.05, 3.63) is 110 Å². The summed E-state index contributed by atoms with van der Waals surface area (Å²) in [5.41, 5.74) is 8.98. The van der Waals surface area contributed by atoms with Gasteiger partial charge in [-0.3, -0.25) is 9.59 Å². The smallest absolute Gasteiger partial charge is 0.254 e. The molecule has 2 aromatic heterocycles. The highest BCUT2D eigenvalue weighted by Gasteiger charge is 2.34. The molecule has 0 aliphatic heterocycles. The lowest BCUT2D eigenvalue weighted by Gasteiger charge is -2.35. The molecule has 0 saturated heterocycles. The van der Waals surface area contributed by atoms with E-state index in [1.165, 1.54) is 0 Å². The molecule has 0 fully saturated rings. The van der Waals surface area contributed by atoms with Crippen LogP contribution in [0.3, 0.4) is 0 Å². The highest BCUT2D eigenvalue weighted by Crippen LogP contribution is 2.34. The molecule has 0 aliphatic rings. The van der Waals surface area contributed by atoms with E-state index in [4.69, 9.17) is 21.8 Å². The molecule has 37 heavy (non-hydrogen) atoms. The van der Waals surface area contributed by atoms with E-state index in [0.29, 0.717) is 48.2 Å². The first-order valence-electron chi connectivity index (χ1n) is 12.5. The Hall–Kier alpha value is -3.48. The van der Waals surface area contributed by atoms with E-state index in [1.807, 2.05) is 75.4 Å². The number of nitrogens with two attached hydrogens (primary N) is 1. The first kappa shape index (κ1) is 26.6. The van der Waals surface area contributed by atoms with E-state index >= 15 is 0 Å². The molecule has 0 radical (unpaired) electrons. The van der Waals surface area contributed by atoms with Gasteiger partial charge in [0.15, 0.2) is 5.43 Å². The predicted octanol–water partition coefficient (Wildman–Crippen LogP) is 5.93. The fraction of sp³-hybridized carbons (Fsp3) is 0.300. The Balaban J connectivity index is 1.93. The van der Waals surface area contributed by atoms with Crippen LogP contribution in [0.5, 0.6) is 0 Å². The van der Waals surface area contributed by atoms with Gasteiger partial charge in [0.05, 0.1) is 11.4 Å². The molecule has 4 rings (SSSR count). The maximum absolute atomic E-state index is 13.9. The monoisotopic (exact) mass is 517 g/mol. The molecule has 6 nitrogen and oxygen atoms in total. The SMILES string of the molecule is Cc1ccc(C(=O)N(CCCN)C(c2oc3nc(Cl)ccc3c(=O)c2Cc2ccccc2)C(C)C)cc1. The Morgan fingerprint density at radius 2 is 1.76 bits per heavy atom. The second-order valence-corrected chi connectivity index (χ2v) is 10.0. The summed E-state index contributed by atoms with van der Waals surface area (Å²) in [6.07, 6.45) is 0.973. The highest BCUT2D eigenvalue weighted by molar-refractivity contribution is 6.29. The van der Waals surface area contributed by atoms with E-state index in [2.05, 4.69) is 4.98 Å². The van der Waals surface area contributed by atoms with Crippen molar-refractivity contribution in [1.82, 2.24) is 9.88 Å². The number of pyridine rings is 1. The van der Waals surface area contributed by atoms with Crippen molar-refractivity contribution >= 4 is 28.6 Å². The number of carbonyl (C=O) groups excluding carboxylic acids is 1. The molecule has 2 aromatic carbocycles. The number of aromatic nitrogens is 1. The number of halogens is 1. The molecule has 0 spiro atoms. The van der Waals surface area contributed by atoms with Gasteiger partial charge in [-0.15, -0.1) is 0 Å². The van der Waals surface area contributed by atoms with Gasteiger partial charge < -0.3 is 15.1 Å². The Bertz CT molecular complexity index is 1430. The molecule has 1 unspecified atom stereocenters. The van der Waals surface area contributed by atoms with Gasteiger partial charge >= 0.3 is 0 Å². The first-order chi connectivity index (χ1) is 17.8. The molecule has 0 saturated carbocycles. The molecule has 192 valence electrons. The van der Waals surface area contributed by atoms with Crippen molar-refractivity contribution in [2.75, 3.05) is 13.1 Å². The van der Waals surface area contributed by atoms with Crippen molar-refractivity contribution in [2.45, 2.75) is 39.7 Å². The lowest BCUT2D eigenvalue weighted by atomic mass is 9.92. The molecule has 1 atom stereocenters. The zero-order valence-electron chi connectivity index (χ0n) is 21.4. The molecule has 2 heterocycles. The zero-order valence-corrected chi connectivity index (χ0v) is 22.2. The average Bonchev–Trinajstić information content (AvgIpc) is 2.88. The van der Waals surface area contributed by atoms with Gasteiger partial charge in [-0.1, -0.05) is 73.5 Å². The molecule has 4 aromatic rings. The van der Waals surface area contributed by atoms with Crippen LogP contribution in [0.1, 0.15) is 59.1 Å². The molecule has 0 aliphatic carbocycles. The minimum atomic E-state index is -0.517. The van der Waals surface area contributed by atoms with Crippen LogP contribution in [0.15, 0.2) is 75.9 Å². The van der Waals surface area contributed by atoms with Crippen molar-refractivity contribution in [2.24, 2.45) is 11.7 Å². The summed E-state index contributed by atoms with van der Waals surface area (Å²) >= 11 is 6.16. The van der Waals surface area contributed by atoms with Crippen molar-refractivity contribution in [3.63, 3.8) is 0 Å². The molecular formula is C30H32ClN3O3. The van der Waals surface area contributed by atoms with Gasteiger partial charge in [-0.25, -0.2) is 4.98 Å². The summed E-state index contributed by atoms with van der Waals surface area (Å²) in [6, 6.07) is 20.0. The second-order valence-electron chi connectivity index (χ2n) is 9.62. The maximum Gasteiger partial charge on any atom is 0.254 e. The van der Waals surface area contributed by atoms with Crippen molar-refractivity contribution in [3.8, 4) is 0 Å². The van der Waals surface area contributed by atoms with Gasteiger partial charge in [0.2, 0.25) is 5.71 Å². The summed E-state index contributed by atoms with van der Waals surface area (Å²) in [7, 11) is 0. The number of aryl methyl sites for hydroxylation is 1. The summed E-state index contributed by atoms with van der Waals surface area (Å²) in [6.45, 7) is 6.86. The Labute approximate surface area is 222 Å². The van der Waals surface area contributed by atoms with Gasteiger partial charge in [-0.05, 0) is 55.6 Å². The summed E-state index contributed by atoms with van der Waals surface area (Å²) in [5, 5.41) is 0.592. The number of nitrogens with zero attached hydrogens (tertiary/aromatic N) is 2. The van der Waals surface area contributed by atoms with Crippen LogP contribution in [-0.2, 0) is 6.42 Å². The Morgan fingerprint density at radius 1 is 1.05 bits per heavy atom. The third-order valence-electron chi connectivity index (χ3n) is 6.47. The number of rotatable bonds is 9. The molecule has 2 N–H and O–H groups in total. The lowest BCUT2D eigenvalue weighted by molar-refractivity contribution is 0.0587. The van der Waals surface area contributed by atoms with E-state index in [9.17, 15) is 9.59 Å². The van der Waals surface area contributed by atoms with E-state index in [1.54, 1.807) is 17.0 Å². The lowest BCUT2D eigenvalue weighted by Crippen LogP contribution is -2.40. The molecule has 0 bridgehead atoms. The molecule has 1 amide bonds. The normalized spacial score (nSPS) is 12.2. The Morgan fingerprint density at radius 3 is 2.41 bits per heavy atom. The van der Waals surface area contributed by atoms with Crippen LogP contribution in [0, 0.1) is 12.8 Å². The number of benzene rings is 2. The van der Waals surface area contributed by atoms with Crippen LogP contribution in [0.2, 0.25) is 5.15 Å². The van der Waals surface area contributed by atoms with Crippen LogP contribution < -0.4 is 11.2 Å². The van der Waals surface area contributed by atoms with Gasteiger partial charge in [0, 0.05) is 24.1 Å². The third kappa shape index (κ3) is 5.92. The van der Waals surface area contributed by atoms with E-state index in [0.717, 1.165) is 11.1 Å². The first-order valence-corrected chi connectivity index (χ1v) is 12.9. The summed E-state index contributed by atoms with van der Waals surface area (Å²) in [5.74, 6) is 0.227. The average molecular weight is 518 g/mol. The largest absolute Gasteiger partial charge is 0.440 e. The highest BCUT2D eigenvalue weighted by atomic mass is 35.5. The zero-order chi connectivity index (χ0) is 26.5. The number of hydrogen-bond donors (Lipinski definition) is 1. The predicted molar refractivity (Wildman–Crippen MR) is 148 cm³/mol. The number of hydrogen-bond acceptors (Lipinski definition) is 5. The fourth-order valence-corrected chi connectivity index (χ4v) is 4.75. The second kappa shape index (κ2) is 11.7. The van der Waals surface area contributed by atoms with Crippen LogP contribution in [0.4, 0.5) is 0 Å². The van der Waals surface area contributed by atoms with E-state index in [-0.39, 0.29) is 28.1 Å².